The number of carbonyl (C=O) groups excluding carboxylic acids is 3. The summed E-state index contributed by atoms with van der Waals surface area (Å²) in [5.41, 5.74) is 11.9. The third-order valence-electron chi connectivity index (χ3n) is 4.96. The number of primary amides is 1. The average Bonchev–Trinajstić information content (AvgIpc) is 3.31. The van der Waals surface area contributed by atoms with E-state index in [0.717, 1.165) is 38.2 Å². The fraction of sp³-hybridized carbons (Fsp3) is 0.588. The molecule has 0 spiro atoms. The van der Waals surface area contributed by atoms with E-state index in [1.165, 1.54) is 11.3 Å². The smallest absolute Gasteiger partial charge is 0.217 e. The molecular weight excluding hydrogens is 328 g/mol. The van der Waals surface area contributed by atoms with E-state index in [2.05, 4.69) is 0 Å². The van der Waals surface area contributed by atoms with Crippen LogP contribution in [0.2, 0.25) is 0 Å². The Bertz CT molecular complexity index is 651. The quantitative estimate of drug-likeness (QED) is 0.675. The first-order chi connectivity index (χ1) is 11.5. The molecule has 132 valence electrons. The van der Waals surface area contributed by atoms with Gasteiger partial charge in [-0.25, -0.2) is 0 Å². The summed E-state index contributed by atoms with van der Waals surface area (Å²) < 4.78 is 0. The summed E-state index contributed by atoms with van der Waals surface area (Å²) in [6.45, 7) is 0. The van der Waals surface area contributed by atoms with E-state index in [1.807, 2.05) is 0 Å². The van der Waals surface area contributed by atoms with Crippen molar-refractivity contribution < 1.29 is 19.5 Å². The number of amides is 1. The van der Waals surface area contributed by atoms with Crippen LogP contribution >= 0.6 is 11.3 Å². The van der Waals surface area contributed by atoms with Crippen LogP contribution in [0, 0.1) is 11.3 Å². The molecule has 1 saturated carbocycles. The zero-order chi connectivity index (χ0) is 17.9. The van der Waals surface area contributed by atoms with Gasteiger partial charge in [-0.15, -0.1) is 11.3 Å². The molecule has 0 saturated heterocycles. The van der Waals surface area contributed by atoms with Gasteiger partial charge in [0.15, 0.2) is 12.1 Å². The van der Waals surface area contributed by atoms with Gasteiger partial charge in [-0.05, 0) is 37.2 Å². The van der Waals surface area contributed by atoms with Crippen molar-refractivity contribution in [3.8, 4) is 0 Å². The molecule has 7 heteroatoms. The molecule has 2 aliphatic carbocycles. The Balaban J connectivity index is 0.00000100. The van der Waals surface area contributed by atoms with Crippen LogP contribution in [0.1, 0.15) is 64.1 Å². The average molecular weight is 352 g/mol. The van der Waals surface area contributed by atoms with E-state index in [4.69, 9.17) is 16.6 Å². The minimum atomic E-state index is -0.499. The van der Waals surface area contributed by atoms with Crippen molar-refractivity contribution in [2.24, 2.45) is 17.1 Å². The zero-order valence-corrected chi connectivity index (χ0v) is 14.7. The van der Waals surface area contributed by atoms with Gasteiger partial charge in [0.2, 0.25) is 5.91 Å². The monoisotopic (exact) mass is 352 g/mol. The van der Waals surface area contributed by atoms with E-state index in [1.54, 1.807) is 0 Å². The number of thiophene rings is 1. The second kappa shape index (κ2) is 7.44. The Morgan fingerprint density at radius 2 is 2.08 bits per heavy atom. The molecule has 0 radical (unpaired) electrons. The second-order valence-corrected chi connectivity index (χ2v) is 7.58. The van der Waals surface area contributed by atoms with E-state index in [0.29, 0.717) is 40.6 Å². The number of Topliss-reactive ketones (excluding diaryl/α,β-unsaturated/α-hetero) is 1. The lowest BCUT2D eigenvalue weighted by Crippen LogP contribution is -2.37. The number of hydrogen-bond donors (Lipinski definition) is 3. The Labute approximate surface area is 145 Å². The van der Waals surface area contributed by atoms with Crippen LogP contribution in [0.4, 0.5) is 5.00 Å². The fourth-order valence-electron chi connectivity index (χ4n) is 3.55. The maximum atomic E-state index is 13.1. The summed E-state index contributed by atoms with van der Waals surface area (Å²) in [5.74, 6) is 0.279. The van der Waals surface area contributed by atoms with Gasteiger partial charge in [0.25, 0.3) is 0 Å². The van der Waals surface area contributed by atoms with E-state index in [9.17, 15) is 14.4 Å². The van der Waals surface area contributed by atoms with E-state index in [-0.39, 0.29) is 18.1 Å². The molecule has 1 fully saturated rings. The number of nitrogens with two attached hydrogens (primary N) is 2. The van der Waals surface area contributed by atoms with Crippen molar-refractivity contribution in [1.82, 2.24) is 0 Å². The predicted molar refractivity (Wildman–Crippen MR) is 93.1 cm³/mol. The molecule has 0 aliphatic heterocycles. The molecule has 1 atom stereocenters. The first-order valence-corrected chi connectivity index (χ1v) is 8.92. The van der Waals surface area contributed by atoms with Gasteiger partial charge in [-0.2, -0.15) is 0 Å². The Morgan fingerprint density at radius 3 is 2.62 bits per heavy atom. The maximum Gasteiger partial charge on any atom is 0.217 e. The molecule has 24 heavy (non-hydrogen) atoms. The van der Waals surface area contributed by atoms with Gasteiger partial charge in [0.05, 0.1) is 15.4 Å². The predicted octanol–water partition coefficient (Wildman–Crippen LogP) is 1.93. The molecule has 3 rings (SSSR count). The maximum absolute atomic E-state index is 13.1. The highest BCUT2D eigenvalue weighted by Gasteiger charge is 2.47. The highest BCUT2D eigenvalue weighted by Crippen LogP contribution is 2.51. The van der Waals surface area contributed by atoms with Gasteiger partial charge < -0.3 is 16.6 Å². The third-order valence-corrected chi connectivity index (χ3v) is 6.04. The molecule has 0 aromatic carbocycles. The van der Waals surface area contributed by atoms with Crippen molar-refractivity contribution in [3.05, 3.63) is 16.0 Å². The number of rotatable bonds is 6. The summed E-state index contributed by atoms with van der Waals surface area (Å²) in [5, 5.41) is 7.42. The van der Waals surface area contributed by atoms with Crippen molar-refractivity contribution in [1.29, 1.82) is 0 Å². The summed E-state index contributed by atoms with van der Waals surface area (Å²) >= 11 is 1.21. The Morgan fingerprint density at radius 1 is 1.42 bits per heavy atom. The molecule has 1 aromatic heterocycles. The van der Waals surface area contributed by atoms with Crippen LogP contribution in [-0.2, 0) is 11.2 Å². The van der Waals surface area contributed by atoms with Crippen LogP contribution < -0.4 is 11.5 Å². The number of aliphatic hydroxyl groups is 1. The first kappa shape index (κ1) is 18.6. The van der Waals surface area contributed by atoms with Crippen molar-refractivity contribution in [2.45, 2.75) is 44.9 Å². The topological polar surface area (TPSA) is 123 Å². The largest absolute Gasteiger partial charge is 0.400 e. The van der Waals surface area contributed by atoms with Gasteiger partial charge in [-0.1, -0.05) is 12.8 Å². The molecule has 5 N–H and O–H groups in total. The SMILES string of the molecule is CO.NC(=O)CCC1(CC2CC2)CCc2c(sc(N)c2C=O)C1=O. The molecule has 1 amide bonds. The minimum Gasteiger partial charge on any atom is -0.400 e. The lowest BCUT2D eigenvalue weighted by molar-refractivity contribution is -0.118. The number of ketones is 1. The van der Waals surface area contributed by atoms with E-state index >= 15 is 0 Å². The number of fused-ring (bicyclic) bond motifs is 1. The van der Waals surface area contributed by atoms with Crippen LogP contribution in [-0.4, -0.2) is 30.2 Å². The van der Waals surface area contributed by atoms with Crippen LogP contribution in [0.3, 0.4) is 0 Å². The molecule has 6 nitrogen and oxygen atoms in total. The second-order valence-electron chi connectivity index (χ2n) is 6.53. The standard InChI is InChI=1S/C16H20N2O3S.CH4O/c17-12(20)4-6-16(7-9-1-2-9)5-3-10-11(8-19)15(18)22-13(10)14(16)21;1-2/h8-9H,1-7,18H2,(H2,17,20);2H,1H3. The minimum absolute atomic E-state index is 0.0618. The number of aldehydes is 1. The van der Waals surface area contributed by atoms with Crippen molar-refractivity contribution in [3.63, 3.8) is 0 Å². The molecule has 1 heterocycles. The van der Waals surface area contributed by atoms with Gasteiger partial charge in [0.1, 0.15) is 0 Å². The van der Waals surface area contributed by atoms with Crippen LogP contribution in [0.15, 0.2) is 0 Å². The summed E-state index contributed by atoms with van der Waals surface area (Å²) in [6, 6.07) is 0. The number of anilines is 1. The third kappa shape index (κ3) is 3.52. The molecule has 1 unspecified atom stereocenters. The first-order valence-electron chi connectivity index (χ1n) is 8.11. The van der Waals surface area contributed by atoms with Crippen LogP contribution in [0.5, 0.6) is 0 Å². The highest BCUT2D eigenvalue weighted by molar-refractivity contribution is 7.18. The normalized spacial score (nSPS) is 22.3. The molecule has 2 aliphatic rings. The Hall–Kier alpha value is -1.73. The zero-order valence-electron chi connectivity index (χ0n) is 13.8. The van der Waals surface area contributed by atoms with Gasteiger partial charge in [-0.3, -0.25) is 14.4 Å². The van der Waals surface area contributed by atoms with Gasteiger partial charge in [0, 0.05) is 18.9 Å². The number of aliphatic hydroxyl groups excluding tert-OH is 1. The van der Waals surface area contributed by atoms with Gasteiger partial charge >= 0.3 is 0 Å². The van der Waals surface area contributed by atoms with Crippen molar-refractivity contribution >= 4 is 34.3 Å². The van der Waals surface area contributed by atoms with E-state index < -0.39 is 5.41 Å². The number of carbonyl (C=O) groups is 3. The summed E-state index contributed by atoms with van der Waals surface area (Å²) in [4.78, 5) is 36.1. The highest BCUT2D eigenvalue weighted by atomic mass is 32.1. The van der Waals surface area contributed by atoms with Crippen LogP contribution in [0.25, 0.3) is 0 Å². The molecule has 0 bridgehead atoms. The molecule has 1 aromatic rings. The summed E-state index contributed by atoms with van der Waals surface area (Å²) in [7, 11) is 1.00. The number of nitrogen functional groups attached to an aromatic ring is 1. The fourth-order valence-corrected chi connectivity index (χ4v) is 4.70. The number of hydrogen-bond acceptors (Lipinski definition) is 6. The lowest BCUT2D eigenvalue weighted by atomic mass is 9.67. The lowest BCUT2D eigenvalue weighted by Gasteiger charge is -2.35. The Kier molecular flexibility index (Phi) is 5.77. The molecular formula is C17H24N2O4S. The summed E-state index contributed by atoms with van der Waals surface area (Å²) in [6.07, 6.45) is 5.98. The van der Waals surface area contributed by atoms with Crippen molar-refractivity contribution in [2.75, 3.05) is 12.8 Å².